The molecule has 1 amide bonds. The maximum atomic E-state index is 12.6. The molecule has 2 saturated heterocycles. The number of nitrogens with zero attached hydrogens (tertiary/aromatic N) is 3. The molecular formula is C22H32BrN3O4. The summed E-state index contributed by atoms with van der Waals surface area (Å²) in [4.78, 5) is 23.0. The molecule has 2 aliphatic heterocycles. The van der Waals surface area contributed by atoms with E-state index in [9.17, 15) is 4.79 Å². The zero-order valence-electron chi connectivity index (χ0n) is 18.1. The highest BCUT2D eigenvalue weighted by molar-refractivity contribution is 9.10. The van der Waals surface area contributed by atoms with Crippen molar-refractivity contribution >= 4 is 22.0 Å². The van der Waals surface area contributed by atoms with E-state index in [1.807, 2.05) is 25.7 Å². The van der Waals surface area contributed by atoms with Gasteiger partial charge in [-0.15, -0.1) is 0 Å². The fourth-order valence-corrected chi connectivity index (χ4v) is 5.12. The molecule has 0 N–H and O–H groups in total. The van der Waals surface area contributed by atoms with Gasteiger partial charge < -0.3 is 19.1 Å². The minimum Gasteiger partial charge on any atom is -0.460 e. The van der Waals surface area contributed by atoms with Crippen molar-refractivity contribution in [3.05, 3.63) is 16.9 Å². The molecule has 2 bridgehead atoms. The zero-order chi connectivity index (χ0) is 21.3. The van der Waals surface area contributed by atoms with E-state index in [-0.39, 0.29) is 36.5 Å². The first-order valence-corrected chi connectivity index (χ1v) is 11.9. The molecule has 1 unspecified atom stereocenters. The van der Waals surface area contributed by atoms with Gasteiger partial charge in [-0.3, -0.25) is 0 Å². The minimum atomic E-state index is -0.453. The normalized spacial score (nSPS) is 31.5. The van der Waals surface area contributed by atoms with Gasteiger partial charge in [0.15, 0.2) is 0 Å². The van der Waals surface area contributed by atoms with E-state index in [0.717, 1.165) is 55.8 Å². The third-order valence-electron chi connectivity index (χ3n) is 6.17. The van der Waals surface area contributed by atoms with Crippen molar-refractivity contribution in [1.29, 1.82) is 0 Å². The first kappa shape index (κ1) is 21.8. The Hall–Kier alpha value is -1.41. The molecule has 0 radical (unpaired) electrons. The van der Waals surface area contributed by atoms with Gasteiger partial charge in [-0.1, -0.05) is 0 Å². The summed E-state index contributed by atoms with van der Waals surface area (Å²) in [5, 5.41) is 0. The number of ether oxygens (including phenoxy) is 3. The van der Waals surface area contributed by atoms with Crippen LogP contribution in [0.1, 0.15) is 72.1 Å². The van der Waals surface area contributed by atoms with Crippen LogP contribution in [0.15, 0.2) is 16.9 Å². The van der Waals surface area contributed by atoms with Gasteiger partial charge in [0.25, 0.3) is 0 Å². The van der Waals surface area contributed by atoms with Gasteiger partial charge in [0.2, 0.25) is 0 Å². The Labute approximate surface area is 187 Å². The average Bonchev–Trinajstić information content (AvgIpc) is 2.95. The lowest BCUT2D eigenvalue weighted by molar-refractivity contribution is -0.0816. The lowest BCUT2D eigenvalue weighted by Gasteiger charge is -2.41. The molecule has 4 rings (SSSR count). The van der Waals surface area contributed by atoms with Crippen LogP contribution in [0, 0.1) is 0 Å². The molecular weight excluding hydrogens is 450 g/mol. The van der Waals surface area contributed by atoms with Crippen molar-refractivity contribution < 1.29 is 19.0 Å². The summed E-state index contributed by atoms with van der Waals surface area (Å²) >= 11 is 3.34. The second-order valence-electron chi connectivity index (χ2n) is 9.70. The van der Waals surface area contributed by atoms with Crippen molar-refractivity contribution in [3.8, 4) is 6.01 Å². The molecule has 3 atom stereocenters. The number of piperidine rings is 1. The van der Waals surface area contributed by atoms with E-state index in [0.29, 0.717) is 6.01 Å². The summed E-state index contributed by atoms with van der Waals surface area (Å²) in [5.74, 6) is 0. The molecule has 30 heavy (non-hydrogen) atoms. The molecule has 1 aliphatic carbocycles. The van der Waals surface area contributed by atoms with Crippen LogP contribution in [0.2, 0.25) is 0 Å². The monoisotopic (exact) mass is 481 g/mol. The topological polar surface area (TPSA) is 73.8 Å². The van der Waals surface area contributed by atoms with Crippen LogP contribution in [0.25, 0.3) is 0 Å². The smallest absolute Gasteiger partial charge is 0.410 e. The number of carbonyl (C=O) groups is 1. The summed E-state index contributed by atoms with van der Waals surface area (Å²) in [5.41, 5.74) is -0.453. The molecule has 3 aliphatic rings. The summed E-state index contributed by atoms with van der Waals surface area (Å²) in [7, 11) is 0. The van der Waals surface area contributed by atoms with Crippen molar-refractivity contribution in [3.63, 3.8) is 0 Å². The molecule has 1 saturated carbocycles. The van der Waals surface area contributed by atoms with E-state index in [1.165, 1.54) is 0 Å². The summed E-state index contributed by atoms with van der Waals surface area (Å²) in [6.07, 6.45) is 11.7. The quantitative estimate of drug-likeness (QED) is 0.610. The summed E-state index contributed by atoms with van der Waals surface area (Å²) in [6, 6.07) is 0.935. The predicted molar refractivity (Wildman–Crippen MR) is 115 cm³/mol. The van der Waals surface area contributed by atoms with Gasteiger partial charge in [-0.05, 0) is 88.1 Å². The van der Waals surface area contributed by atoms with Crippen LogP contribution >= 0.6 is 15.9 Å². The fourth-order valence-electron chi connectivity index (χ4n) is 4.92. The maximum absolute atomic E-state index is 12.6. The summed E-state index contributed by atoms with van der Waals surface area (Å²) < 4.78 is 18.9. The van der Waals surface area contributed by atoms with E-state index in [4.69, 9.17) is 14.2 Å². The predicted octanol–water partition coefficient (Wildman–Crippen LogP) is 4.88. The van der Waals surface area contributed by atoms with E-state index in [2.05, 4.69) is 25.9 Å². The molecule has 1 aromatic heterocycles. The fraction of sp³-hybridized carbons (Fsp3) is 0.773. The lowest BCUT2D eigenvalue weighted by Crippen LogP contribution is -2.50. The van der Waals surface area contributed by atoms with Crippen molar-refractivity contribution in [2.75, 3.05) is 0 Å². The highest BCUT2D eigenvalue weighted by Gasteiger charge is 2.45. The number of hydrogen-bond donors (Lipinski definition) is 0. The number of fused-ring (bicyclic) bond motifs is 2. The largest absolute Gasteiger partial charge is 0.460 e. The first-order valence-electron chi connectivity index (χ1n) is 11.1. The van der Waals surface area contributed by atoms with Gasteiger partial charge >= 0.3 is 12.1 Å². The molecule has 8 heteroatoms. The Kier molecular flexibility index (Phi) is 6.53. The van der Waals surface area contributed by atoms with Crippen molar-refractivity contribution in [1.82, 2.24) is 14.9 Å². The number of amides is 1. The number of halogens is 1. The van der Waals surface area contributed by atoms with Gasteiger partial charge in [-0.2, -0.15) is 0 Å². The average molecular weight is 482 g/mol. The van der Waals surface area contributed by atoms with E-state index < -0.39 is 5.60 Å². The van der Waals surface area contributed by atoms with Crippen LogP contribution in [0.3, 0.4) is 0 Å². The Balaban J connectivity index is 1.23. The highest BCUT2D eigenvalue weighted by atomic mass is 79.9. The minimum absolute atomic E-state index is 0.149. The zero-order valence-corrected chi connectivity index (χ0v) is 19.6. The molecule has 0 spiro atoms. The second kappa shape index (κ2) is 8.99. The Morgan fingerprint density at radius 2 is 1.53 bits per heavy atom. The third-order valence-corrected chi connectivity index (χ3v) is 6.58. The maximum Gasteiger partial charge on any atom is 0.410 e. The Morgan fingerprint density at radius 1 is 0.967 bits per heavy atom. The van der Waals surface area contributed by atoms with Gasteiger partial charge in [0, 0.05) is 24.5 Å². The van der Waals surface area contributed by atoms with Crippen molar-refractivity contribution in [2.45, 2.75) is 108 Å². The molecule has 3 heterocycles. The number of hydrogen-bond acceptors (Lipinski definition) is 6. The summed E-state index contributed by atoms with van der Waals surface area (Å²) in [6.45, 7) is 5.77. The van der Waals surface area contributed by atoms with Crippen LogP contribution < -0.4 is 4.74 Å². The van der Waals surface area contributed by atoms with Crippen LogP contribution in [-0.4, -0.2) is 57.0 Å². The van der Waals surface area contributed by atoms with Crippen LogP contribution in [0.5, 0.6) is 6.01 Å². The lowest BCUT2D eigenvalue weighted by atomic mass is 9.93. The molecule has 166 valence electrons. The van der Waals surface area contributed by atoms with E-state index >= 15 is 0 Å². The highest BCUT2D eigenvalue weighted by Crippen LogP contribution is 2.39. The third kappa shape index (κ3) is 5.44. The van der Waals surface area contributed by atoms with Gasteiger partial charge in [0.1, 0.15) is 11.7 Å². The SMILES string of the molecule is CC(C)(C)OC(=O)N1[C@@H]2CC[C@H]1CC(OC1CCC(Oc3ncc(Br)cn3)CC1)C2. The first-order chi connectivity index (χ1) is 14.3. The van der Waals surface area contributed by atoms with Gasteiger partial charge in [-0.25, -0.2) is 14.8 Å². The molecule has 3 fully saturated rings. The Morgan fingerprint density at radius 3 is 2.10 bits per heavy atom. The molecule has 0 aromatic carbocycles. The van der Waals surface area contributed by atoms with Crippen molar-refractivity contribution in [2.24, 2.45) is 0 Å². The molecule has 1 aromatic rings. The number of aromatic nitrogens is 2. The standard InChI is InChI=1S/C22H32BrN3O4/c1-22(2,3)30-21(27)26-15-4-5-16(26)11-19(10-15)28-17-6-8-18(9-7-17)29-20-24-12-14(23)13-25-20/h12-13,15-19H,4-11H2,1-3H3/t15-,16+,17?,18?,19?. The number of rotatable bonds is 4. The second-order valence-corrected chi connectivity index (χ2v) is 10.6. The van der Waals surface area contributed by atoms with Gasteiger partial charge in [0.05, 0.1) is 16.7 Å². The Bertz CT molecular complexity index is 717. The van der Waals surface area contributed by atoms with Crippen LogP contribution in [0.4, 0.5) is 4.79 Å². The van der Waals surface area contributed by atoms with Crippen LogP contribution in [-0.2, 0) is 9.47 Å². The number of carbonyl (C=O) groups excluding carboxylic acids is 1. The van der Waals surface area contributed by atoms with E-state index in [1.54, 1.807) is 12.4 Å². The molecule has 7 nitrogen and oxygen atoms in total.